The lowest BCUT2D eigenvalue weighted by Gasteiger charge is -2.15. The maximum absolute atomic E-state index is 12.7. The van der Waals surface area contributed by atoms with Crippen LogP contribution in [-0.4, -0.2) is 22.6 Å². The second kappa shape index (κ2) is 7.23. The molecule has 0 saturated heterocycles. The van der Waals surface area contributed by atoms with E-state index in [-0.39, 0.29) is 6.54 Å². The number of hydrogen-bond donors (Lipinski definition) is 1. The molecule has 0 aliphatic carbocycles. The highest BCUT2D eigenvalue weighted by Gasteiger charge is 2.20. The lowest BCUT2D eigenvalue weighted by molar-refractivity contribution is 0.390. The fraction of sp³-hybridized carbons (Fsp3) is 0.333. The SMILES string of the molecule is COc1ccc(CNS(=O)(=O)c2c(C)cc(C)cc2C)c(OC)c1. The second-order valence-corrected chi connectivity index (χ2v) is 7.43. The van der Waals surface area contributed by atoms with Crippen molar-refractivity contribution in [3.63, 3.8) is 0 Å². The average molecular weight is 349 g/mol. The van der Waals surface area contributed by atoms with Crippen molar-refractivity contribution in [1.82, 2.24) is 4.72 Å². The van der Waals surface area contributed by atoms with Crippen molar-refractivity contribution in [3.8, 4) is 11.5 Å². The van der Waals surface area contributed by atoms with Crippen LogP contribution in [0.1, 0.15) is 22.3 Å². The van der Waals surface area contributed by atoms with Gasteiger partial charge in [-0.1, -0.05) is 23.8 Å². The molecule has 0 heterocycles. The molecule has 24 heavy (non-hydrogen) atoms. The summed E-state index contributed by atoms with van der Waals surface area (Å²) in [6.07, 6.45) is 0. The zero-order valence-corrected chi connectivity index (χ0v) is 15.5. The number of sulfonamides is 1. The molecule has 0 aromatic heterocycles. The molecule has 0 aliphatic heterocycles. The van der Waals surface area contributed by atoms with Crippen molar-refractivity contribution in [1.29, 1.82) is 0 Å². The number of hydrogen-bond acceptors (Lipinski definition) is 4. The Kier molecular flexibility index (Phi) is 5.51. The van der Waals surface area contributed by atoms with E-state index in [0.717, 1.165) is 22.3 Å². The molecule has 1 N–H and O–H groups in total. The number of rotatable bonds is 6. The first-order valence-corrected chi connectivity index (χ1v) is 9.05. The van der Waals surface area contributed by atoms with Crippen LogP contribution in [0.2, 0.25) is 0 Å². The third-order valence-electron chi connectivity index (χ3n) is 3.82. The van der Waals surface area contributed by atoms with Gasteiger partial charge in [0.2, 0.25) is 10.0 Å². The van der Waals surface area contributed by atoms with Crippen molar-refractivity contribution in [2.75, 3.05) is 14.2 Å². The normalized spacial score (nSPS) is 11.4. The first-order chi connectivity index (χ1) is 11.3. The van der Waals surface area contributed by atoms with Gasteiger partial charge < -0.3 is 9.47 Å². The van der Waals surface area contributed by atoms with E-state index in [4.69, 9.17) is 9.47 Å². The van der Waals surface area contributed by atoms with E-state index >= 15 is 0 Å². The van der Waals surface area contributed by atoms with E-state index in [9.17, 15) is 8.42 Å². The molecule has 0 amide bonds. The van der Waals surface area contributed by atoms with Gasteiger partial charge >= 0.3 is 0 Å². The summed E-state index contributed by atoms with van der Waals surface area (Å²) in [6.45, 7) is 5.71. The average Bonchev–Trinajstić information content (AvgIpc) is 2.51. The minimum absolute atomic E-state index is 0.141. The number of benzene rings is 2. The van der Waals surface area contributed by atoms with Gasteiger partial charge in [0, 0.05) is 18.2 Å². The summed E-state index contributed by atoms with van der Waals surface area (Å²) in [7, 11) is -0.502. The van der Waals surface area contributed by atoms with Crippen LogP contribution in [0.4, 0.5) is 0 Å². The molecule has 0 atom stereocenters. The lowest BCUT2D eigenvalue weighted by Crippen LogP contribution is -2.25. The van der Waals surface area contributed by atoms with Crippen LogP contribution in [0, 0.1) is 20.8 Å². The van der Waals surface area contributed by atoms with E-state index in [1.165, 1.54) is 0 Å². The monoisotopic (exact) mass is 349 g/mol. The Bertz CT molecular complexity index is 821. The van der Waals surface area contributed by atoms with E-state index in [0.29, 0.717) is 16.4 Å². The Hall–Kier alpha value is -2.05. The Balaban J connectivity index is 2.29. The summed E-state index contributed by atoms with van der Waals surface area (Å²) in [6, 6.07) is 9.03. The molecule has 0 spiro atoms. The summed E-state index contributed by atoms with van der Waals surface area (Å²) in [5.41, 5.74) is 3.26. The van der Waals surface area contributed by atoms with E-state index in [1.54, 1.807) is 32.4 Å². The number of aryl methyl sites for hydroxylation is 3. The van der Waals surface area contributed by atoms with Crippen LogP contribution in [0.5, 0.6) is 11.5 Å². The molecule has 2 aromatic carbocycles. The highest BCUT2D eigenvalue weighted by Crippen LogP contribution is 2.26. The zero-order chi connectivity index (χ0) is 17.9. The molecule has 0 fully saturated rings. The highest BCUT2D eigenvalue weighted by molar-refractivity contribution is 7.89. The van der Waals surface area contributed by atoms with E-state index in [2.05, 4.69) is 4.72 Å². The van der Waals surface area contributed by atoms with E-state index in [1.807, 2.05) is 32.9 Å². The van der Waals surface area contributed by atoms with Gasteiger partial charge in [-0.25, -0.2) is 13.1 Å². The Morgan fingerprint density at radius 2 is 1.58 bits per heavy atom. The summed E-state index contributed by atoms with van der Waals surface area (Å²) in [4.78, 5) is 0.334. The topological polar surface area (TPSA) is 64.6 Å². The van der Waals surface area contributed by atoms with Gasteiger partial charge in [0.05, 0.1) is 19.1 Å². The van der Waals surface area contributed by atoms with Crippen LogP contribution in [0.3, 0.4) is 0 Å². The van der Waals surface area contributed by atoms with Gasteiger partial charge in [-0.15, -0.1) is 0 Å². The van der Waals surface area contributed by atoms with Gasteiger partial charge in [-0.2, -0.15) is 0 Å². The molecule has 130 valence electrons. The van der Waals surface area contributed by atoms with Gasteiger partial charge in [-0.05, 0) is 38.0 Å². The molecule has 2 aromatic rings. The molecule has 0 aliphatic rings. The summed E-state index contributed by atoms with van der Waals surface area (Å²) >= 11 is 0. The maximum atomic E-state index is 12.7. The molecule has 0 saturated carbocycles. The lowest BCUT2D eigenvalue weighted by atomic mass is 10.1. The molecule has 0 radical (unpaired) electrons. The molecular weight excluding hydrogens is 326 g/mol. The van der Waals surface area contributed by atoms with Crippen LogP contribution in [0.25, 0.3) is 0 Å². The smallest absolute Gasteiger partial charge is 0.241 e. The maximum Gasteiger partial charge on any atom is 0.241 e. The predicted molar refractivity (Wildman–Crippen MR) is 94.2 cm³/mol. The van der Waals surface area contributed by atoms with Crippen molar-refractivity contribution in [2.45, 2.75) is 32.2 Å². The van der Waals surface area contributed by atoms with Crippen molar-refractivity contribution in [3.05, 3.63) is 52.6 Å². The second-order valence-electron chi connectivity index (χ2n) is 5.73. The third-order valence-corrected chi connectivity index (χ3v) is 5.53. The highest BCUT2D eigenvalue weighted by atomic mass is 32.2. The van der Waals surface area contributed by atoms with Crippen molar-refractivity contribution >= 4 is 10.0 Å². The zero-order valence-electron chi connectivity index (χ0n) is 14.6. The van der Waals surface area contributed by atoms with Gasteiger partial charge in [0.15, 0.2) is 0 Å². The summed E-state index contributed by atoms with van der Waals surface area (Å²) < 4.78 is 38.5. The molecule has 0 bridgehead atoms. The fourth-order valence-electron chi connectivity index (χ4n) is 2.83. The van der Waals surface area contributed by atoms with Gasteiger partial charge in [0.1, 0.15) is 11.5 Å². The number of ether oxygens (including phenoxy) is 2. The van der Waals surface area contributed by atoms with Gasteiger partial charge in [-0.3, -0.25) is 0 Å². The first kappa shape index (κ1) is 18.3. The largest absolute Gasteiger partial charge is 0.497 e. The third kappa shape index (κ3) is 3.88. The molecule has 0 unspecified atom stereocenters. The molecule has 5 nitrogen and oxygen atoms in total. The van der Waals surface area contributed by atoms with Crippen LogP contribution in [0.15, 0.2) is 35.2 Å². The van der Waals surface area contributed by atoms with Crippen LogP contribution < -0.4 is 14.2 Å². The van der Waals surface area contributed by atoms with Crippen LogP contribution >= 0.6 is 0 Å². The standard InChI is InChI=1S/C18H23NO4S/c1-12-8-13(2)18(14(3)9-12)24(20,21)19-11-15-6-7-16(22-4)10-17(15)23-5/h6-10,19H,11H2,1-5H3. The molecule has 2 rings (SSSR count). The van der Waals surface area contributed by atoms with E-state index < -0.39 is 10.0 Å². The van der Waals surface area contributed by atoms with Crippen LogP contribution in [-0.2, 0) is 16.6 Å². The number of nitrogens with one attached hydrogen (secondary N) is 1. The first-order valence-electron chi connectivity index (χ1n) is 7.57. The Labute approximate surface area is 143 Å². The fourth-order valence-corrected chi connectivity index (χ4v) is 4.29. The number of methoxy groups -OCH3 is 2. The molecule has 6 heteroatoms. The van der Waals surface area contributed by atoms with Gasteiger partial charge in [0.25, 0.3) is 0 Å². The Morgan fingerprint density at radius 3 is 2.12 bits per heavy atom. The minimum Gasteiger partial charge on any atom is -0.497 e. The van der Waals surface area contributed by atoms with Crippen molar-refractivity contribution in [2.24, 2.45) is 0 Å². The molecular formula is C18H23NO4S. The Morgan fingerprint density at radius 1 is 0.958 bits per heavy atom. The van der Waals surface area contributed by atoms with Crippen molar-refractivity contribution < 1.29 is 17.9 Å². The quantitative estimate of drug-likeness (QED) is 0.870. The minimum atomic E-state index is -3.61. The summed E-state index contributed by atoms with van der Waals surface area (Å²) in [5.74, 6) is 1.23. The summed E-state index contributed by atoms with van der Waals surface area (Å²) in [5, 5.41) is 0. The predicted octanol–water partition coefficient (Wildman–Crippen LogP) is 3.11.